The van der Waals surface area contributed by atoms with E-state index in [4.69, 9.17) is 5.73 Å². The number of phenols is 1. The summed E-state index contributed by atoms with van der Waals surface area (Å²) in [6, 6.07) is 13.4. The SMILES string of the molecule is C=CC.CC(=NCc1cc(C)c(N)c(O)c1)C(=O)CCc1ccccc1.CCCC(C)(C)C. The molecular weight excluding hydrogens is 408 g/mol. The van der Waals surface area contributed by atoms with Crippen LogP contribution in [-0.2, 0) is 17.8 Å². The number of hydrogen-bond donors (Lipinski definition) is 2. The lowest BCUT2D eigenvalue weighted by Gasteiger charge is -2.15. The van der Waals surface area contributed by atoms with Gasteiger partial charge in [0.25, 0.3) is 0 Å². The first-order valence-electron chi connectivity index (χ1n) is 11.7. The lowest BCUT2D eigenvalue weighted by atomic mass is 9.91. The molecule has 0 spiro atoms. The van der Waals surface area contributed by atoms with Crippen LogP contribution < -0.4 is 5.73 Å². The van der Waals surface area contributed by atoms with Crippen molar-refractivity contribution in [1.29, 1.82) is 0 Å². The minimum atomic E-state index is 0.0465. The Hall–Kier alpha value is -2.88. The van der Waals surface area contributed by atoms with Gasteiger partial charge in [0.1, 0.15) is 5.75 Å². The molecule has 2 aromatic rings. The molecule has 2 rings (SSSR count). The van der Waals surface area contributed by atoms with Gasteiger partial charge in [-0.05, 0) is 61.8 Å². The number of rotatable bonds is 7. The number of anilines is 1. The number of ketones is 1. The molecule has 0 fully saturated rings. The molecule has 0 aromatic heterocycles. The molecule has 0 heterocycles. The van der Waals surface area contributed by atoms with Crippen LogP contribution in [0.25, 0.3) is 0 Å². The van der Waals surface area contributed by atoms with Crippen molar-refractivity contribution in [2.24, 2.45) is 10.4 Å². The third-order valence-corrected chi connectivity index (χ3v) is 4.81. The van der Waals surface area contributed by atoms with Crippen LogP contribution in [0.2, 0.25) is 0 Å². The van der Waals surface area contributed by atoms with E-state index in [1.54, 1.807) is 19.1 Å². The molecule has 0 saturated heterocycles. The lowest BCUT2D eigenvalue weighted by Crippen LogP contribution is -2.11. The molecule has 0 aliphatic heterocycles. The van der Waals surface area contributed by atoms with Crippen molar-refractivity contribution in [2.75, 3.05) is 5.73 Å². The highest BCUT2D eigenvalue weighted by molar-refractivity contribution is 6.38. The van der Waals surface area contributed by atoms with Crippen molar-refractivity contribution in [3.05, 3.63) is 71.8 Å². The highest BCUT2D eigenvalue weighted by Crippen LogP contribution is 2.25. The van der Waals surface area contributed by atoms with Crippen LogP contribution >= 0.6 is 0 Å². The molecule has 0 atom stereocenters. The minimum Gasteiger partial charge on any atom is -0.506 e. The third kappa shape index (κ3) is 14.0. The maximum Gasteiger partial charge on any atom is 0.176 e. The number of carbonyl (C=O) groups excluding carboxylic acids is 1. The second-order valence-corrected chi connectivity index (χ2v) is 9.37. The van der Waals surface area contributed by atoms with Gasteiger partial charge < -0.3 is 10.8 Å². The van der Waals surface area contributed by atoms with Crippen LogP contribution in [0.15, 0.2) is 60.1 Å². The van der Waals surface area contributed by atoms with Crippen LogP contribution in [0.5, 0.6) is 5.75 Å². The predicted octanol–water partition coefficient (Wildman–Crippen LogP) is 7.47. The summed E-state index contributed by atoms with van der Waals surface area (Å²) in [6.45, 7) is 18.2. The van der Waals surface area contributed by atoms with Gasteiger partial charge >= 0.3 is 0 Å². The Morgan fingerprint density at radius 3 is 2.18 bits per heavy atom. The number of hydrogen-bond acceptors (Lipinski definition) is 4. The summed E-state index contributed by atoms with van der Waals surface area (Å²) >= 11 is 0. The summed E-state index contributed by atoms with van der Waals surface area (Å²) < 4.78 is 0. The topological polar surface area (TPSA) is 75.7 Å². The van der Waals surface area contributed by atoms with Crippen LogP contribution in [0.4, 0.5) is 5.69 Å². The van der Waals surface area contributed by atoms with E-state index in [1.165, 1.54) is 12.8 Å². The van der Waals surface area contributed by atoms with Crippen LogP contribution in [0.3, 0.4) is 0 Å². The summed E-state index contributed by atoms with van der Waals surface area (Å²) in [5, 5.41) is 9.73. The molecule has 0 aliphatic rings. The van der Waals surface area contributed by atoms with Gasteiger partial charge in [-0.1, -0.05) is 76.6 Å². The van der Waals surface area contributed by atoms with Crippen molar-refractivity contribution in [2.45, 2.75) is 80.7 Å². The molecule has 0 radical (unpaired) electrons. The molecule has 0 unspecified atom stereocenters. The Morgan fingerprint density at radius 1 is 1.15 bits per heavy atom. The van der Waals surface area contributed by atoms with E-state index < -0.39 is 0 Å². The molecule has 0 bridgehead atoms. The normalized spacial score (nSPS) is 10.9. The molecule has 4 heteroatoms. The zero-order valence-corrected chi connectivity index (χ0v) is 21.7. The number of phenolic OH excluding ortho intramolecular Hbond substituents is 1. The van der Waals surface area contributed by atoms with Crippen molar-refractivity contribution >= 4 is 17.2 Å². The molecule has 182 valence electrons. The monoisotopic (exact) mass is 452 g/mol. The van der Waals surface area contributed by atoms with Crippen LogP contribution in [0, 0.1) is 12.3 Å². The largest absolute Gasteiger partial charge is 0.506 e. The van der Waals surface area contributed by atoms with E-state index in [0.717, 1.165) is 16.7 Å². The molecule has 0 amide bonds. The van der Waals surface area contributed by atoms with Gasteiger partial charge in [-0.25, -0.2) is 0 Å². The molecule has 2 aromatic carbocycles. The number of aromatic hydroxyl groups is 1. The van der Waals surface area contributed by atoms with Gasteiger partial charge in [0.05, 0.1) is 17.9 Å². The number of allylic oxidation sites excluding steroid dienone is 1. The van der Waals surface area contributed by atoms with E-state index in [9.17, 15) is 9.90 Å². The number of nitrogens with two attached hydrogens (primary N) is 1. The lowest BCUT2D eigenvalue weighted by molar-refractivity contribution is -0.113. The fourth-order valence-corrected chi connectivity index (χ4v) is 3.08. The number of benzene rings is 2. The fourth-order valence-electron chi connectivity index (χ4n) is 3.08. The number of aliphatic imine (C=N–C) groups is 1. The Balaban J connectivity index is 0.000000863. The van der Waals surface area contributed by atoms with Gasteiger partial charge in [0.15, 0.2) is 5.78 Å². The summed E-state index contributed by atoms with van der Waals surface area (Å²) in [7, 11) is 0. The fraction of sp³-hybridized carbons (Fsp3) is 0.448. The summed E-state index contributed by atoms with van der Waals surface area (Å²) in [5.74, 6) is 0.105. The number of nitrogen functional groups attached to an aromatic ring is 1. The number of nitrogens with zero attached hydrogens (tertiary/aromatic N) is 1. The zero-order valence-electron chi connectivity index (χ0n) is 21.7. The maximum absolute atomic E-state index is 12.1. The summed E-state index contributed by atoms with van der Waals surface area (Å²) in [4.78, 5) is 16.5. The van der Waals surface area contributed by atoms with Crippen molar-refractivity contribution in [3.63, 3.8) is 0 Å². The molecule has 0 aliphatic carbocycles. The summed E-state index contributed by atoms with van der Waals surface area (Å²) in [6.07, 6.45) is 5.57. The third-order valence-electron chi connectivity index (χ3n) is 4.81. The summed E-state index contributed by atoms with van der Waals surface area (Å²) in [5.41, 5.74) is 9.94. The van der Waals surface area contributed by atoms with E-state index in [0.29, 0.717) is 36.2 Å². The van der Waals surface area contributed by atoms with Crippen molar-refractivity contribution in [1.82, 2.24) is 0 Å². The van der Waals surface area contributed by atoms with Crippen LogP contribution in [0.1, 0.15) is 77.5 Å². The van der Waals surface area contributed by atoms with E-state index in [1.807, 2.05) is 50.2 Å². The second kappa shape index (κ2) is 15.8. The molecular formula is C29H44N2O2. The van der Waals surface area contributed by atoms with Gasteiger partial charge in [0.2, 0.25) is 0 Å². The maximum atomic E-state index is 12.1. The Bertz CT molecular complexity index is 855. The Morgan fingerprint density at radius 2 is 1.73 bits per heavy atom. The predicted molar refractivity (Wildman–Crippen MR) is 144 cm³/mol. The van der Waals surface area contributed by atoms with E-state index in [-0.39, 0.29) is 11.5 Å². The first-order valence-corrected chi connectivity index (χ1v) is 11.7. The van der Waals surface area contributed by atoms with Gasteiger partial charge in [0, 0.05) is 6.42 Å². The quantitative estimate of drug-likeness (QED) is 0.198. The zero-order chi connectivity index (χ0) is 25.4. The first-order chi connectivity index (χ1) is 15.4. The molecule has 0 saturated carbocycles. The molecule has 4 nitrogen and oxygen atoms in total. The van der Waals surface area contributed by atoms with E-state index >= 15 is 0 Å². The highest BCUT2D eigenvalue weighted by atomic mass is 16.3. The minimum absolute atomic E-state index is 0.0465. The average Bonchev–Trinajstić information content (AvgIpc) is 2.75. The standard InChI is InChI=1S/C19H22N2O2.C7H16.C3H6/c1-13-10-16(11-18(23)19(13)20)12-21-14(2)17(22)9-8-15-6-4-3-5-7-15;1-5-6-7(2,3)4;1-3-2/h3-7,10-11,23H,8-9,12,20H2,1-2H3;5-6H2,1-4H3;3H,1H2,2H3. The van der Waals surface area contributed by atoms with Crippen molar-refractivity contribution in [3.8, 4) is 5.75 Å². The van der Waals surface area contributed by atoms with Gasteiger partial charge in [-0.3, -0.25) is 9.79 Å². The Labute approximate surface area is 201 Å². The first kappa shape index (κ1) is 30.1. The number of carbonyl (C=O) groups is 1. The van der Waals surface area contributed by atoms with Gasteiger partial charge in [-0.15, -0.1) is 6.58 Å². The molecule has 33 heavy (non-hydrogen) atoms. The van der Waals surface area contributed by atoms with Crippen molar-refractivity contribution < 1.29 is 9.90 Å². The highest BCUT2D eigenvalue weighted by Gasteiger charge is 2.08. The average molecular weight is 453 g/mol. The molecule has 3 N–H and O–H groups in total. The van der Waals surface area contributed by atoms with Crippen LogP contribution in [-0.4, -0.2) is 16.6 Å². The number of aryl methyl sites for hydroxylation is 2. The Kier molecular flexibility index (Phi) is 14.5. The van der Waals surface area contributed by atoms with E-state index in [2.05, 4.69) is 39.3 Å². The van der Waals surface area contributed by atoms with Gasteiger partial charge in [-0.2, -0.15) is 0 Å². The second-order valence-electron chi connectivity index (χ2n) is 9.37. The smallest absolute Gasteiger partial charge is 0.176 e. The number of Topliss-reactive ketones (excluding diaryl/α,β-unsaturated/α-hetero) is 1.